The van der Waals surface area contributed by atoms with Crippen molar-refractivity contribution in [3.8, 4) is 0 Å². The Kier molecular flexibility index (Phi) is 5.91. The maximum Gasteiger partial charge on any atom is 0.317 e. The number of likely N-dealkylation sites (tertiary alicyclic amines) is 1. The first-order valence-corrected chi connectivity index (χ1v) is 6.48. The van der Waals surface area contributed by atoms with Crippen molar-refractivity contribution in [3.63, 3.8) is 0 Å². The van der Waals surface area contributed by atoms with Crippen LogP contribution in [0.4, 0.5) is 4.79 Å². The van der Waals surface area contributed by atoms with E-state index in [1.165, 1.54) is 0 Å². The number of hydrogen-bond acceptors (Lipinski definition) is 3. The summed E-state index contributed by atoms with van der Waals surface area (Å²) in [5.74, 6) is -1.22. The zero-order valence-electron chi connectivity index (χ0n) is 11.2. The lowest BCUT2D eigenvalue weighted by atomic mass is 9.99. The largest absolute Gasteiger partial charge is 0.481 e. The van der Waals surface area contributed by atoms with Crippen LogP contribution in [0.5, 0.6) is 0 Å². The van der Waals surface area contributed by atoms with Crippen molar-refractivity contribution >= 4 is 12.0 Å². The molecule has 0 spiro atoms. The fourth-order valence-electron chi connectivity index (χ4n) is 1.99. The molecule has 6 nitrogen and oxygen atoms in total. The number of likely N-dealkylation sites (N-methyl/N-ethyl adjacent to an activating group) is 1. The summed E-state index contributed by atoms with van der Waals surface area (Å²) in [5.41, 5.74) is 0. The molecule has 104 valence electrons. The van der Waals surface area contributed by atoms with Gasteiger partial charge in [-0.05, 0) is 26.4 Å². The summed E-state index contributed by atoms with van der Waals surface area (Å²) in [7, 11) is 1.99. The summed E-state index contributed by atoms with van der Waals surface area (Å²) in [6.07, 6.45) is 1.43. The van der Waals surface area contributed by atoms with Gasteiger partial charge in [0.2, 0.25) is 0 Å². The van der Waals surface area contributed by atoms with Crippen molar-refractivity contribution in [2.75, 3.05) is 39.8 Å². The van der Waals surface area contributed by atoms with Gasteiger partial charge in [-0.25, -0.2) is 4.79 Å². The number of amides is 2. The zero-order chi connectivity index (χ0) is 13.5. The highest BCUT2D eigenvalue weighted by molar-refractivity contribution is 5.76. The molecule has 0 aromatic rings. The number of hydrogen-bond donors (Lipinski definition) is 2. The van der Waals surface area contributed by atoms with Gasteiger partial charge in [0.25, 0.3) is 0 Å². The maximum atomic E-state index is 11.8. The number of nitrogens with one attached hydrogen (secondary N) is 1. The Hall–Kier alpha value is -1.30. The lowest BCUT2D eigenvalue weighted by Gasteiger charge is -2.30. The van der Waals surface area contributed by atoms with Gasteiger partial charge in [0.1, 0.15) is 0 Å². The number of carbonyl (C=O) groups excluding carboxylic acids is 1. The van der Waals surface area contributed by atoms with Gasteiger partial charge in [0.15, 0.2) is 0 Å². The third-order valence-corrected chi connectivity index (χ3v) is 3.37. The molecule has 18 heavy (non-hydrogen) atoms. The predicted octanol–water partition coefficient (Wildman–Crippen LogP) is 0.444. The SMILES string of the molecule is CCN(C)CCNC(=O)N1CCCC(C(=O)O)C1. The maximum absolute atomic E-state index is 11.8. The molecule has 0 radical (unpaired) electrons. The molecule has 2 amide bonds. The van der Waals surface area contributed by atoms with E-state index in [0.29, 0.717) is 26.1 Å². The molecule has 0 saturated carbocycles. The van der Waals surface area contributed by atoms with Crippen molar-refractivity contribution in [2.45, 2.75) is 19.8 Å². The average Bonchev–Trinajstić information content (AvgIpc) is 2.38. The first-order chi connectivity index (χ1) is 8.54. The lowest BCUT2D eigenvalue weighted by molar-refractivity contribution is -0.143. The van der Waals surface area contributed by atoms with Crippen LogP contribution in [0.2, 0.25) is 0 Å². The first kappa shape index (κ1) is 14.8. The standard InChI is InChI=1S/C12H23N3O3/c1-3-14(2)8-6-13-12(18)15-7-4-5-10(9-15)11(16)17/h10H,3-9H2,1-2H3,(H,13,18)(H,16,17). The minimum Gasteiger partial charge on any atom is -0.481 e. The third-order valence-electron chi connectivity index (χ3n) is 3.37. The molecule has 1 rings (SSSR count). The van der Waals surface area contributed by atoms with Crippen LogP contribution in [0.25, 0.3) is 0 Å². The van der Waals surface area contributed by atoms with Crippen molar-refractivity contribution < 1.29 is 14.7 Å². The van der Waals surface area contributed by atoms with Crippen LogP contribution in [0.3, 0.4) is 0 Å². The summed E-state index contributed by atoms with van der Waals surface area (Å²) in [6.45, 7) is 5.38. The van der Waals surface area contributed by atoms with E-state index in [9.17, 15) is 9.59 Å². The molecule has 1 aliphatic heterocycles. The van der Waals surface area contributed by atoms with Crippen molar-refractivity contribution in [1.29, 1.82) is 0 Å². The molecule has 0 aromatic carbocycles. The van der Waals surface area contributed by atoms with Gasteiger partial charge >= 0.3 is 12.0 Å². The van der Waals surface area contributed by atoms with E-state index in [2.05, 4.69) is 17.1 Å². The Morgan fingerprint density at radius 2 is 2.22 bits per heavy atom. The third kappa shape index (κ3) is 4.52. The highest BCUT2D eigenvalue weighted by Gasteiger charge is 2.27. The summed E-state index contributed by atoms with van der Waals surface area (Å²) in [6, 6.07) is -0.148. The van der Waals surface area contributed by atoms with E-state index in [-0.39, 0.29) is 6.03 Å². The molecule has 2 N–H and O–H groups in total. The number of nitrogens with zero attached hydrogens (tertiary/aromatic N) is 2. The molecule has 1 saturated heterocycles. The smallest absolute Gasteiger partial charge is 0.317 e. The van der Waals surface area contributed by atoms with Crippen LogP contribution in [0, 0.1) is 5.92 Å². The van der Waals surface area contributed by atoms with E-state index in [0.717, 1.165) is 19.5 Å². The van der Waals surface area contributed by atoms with Gasteiger partial charge in [-0.2, -0.15) is 0 Å². The molecule has 0 aliphatic carbocycles. The first-order valence-electron chi connectivity index (χ1n) is 6.48. The molecule has 1 aliphatic rings. The van der Waals surface area contributed by atoms with Crippen molar-refractivity contribution in [1.82, 2.24) is 15.1 Å². The number of piperidine rings is 1. The average molecular weight is 257 g/mol. The normalized spacial score (nSPS) is 19.9. The van der Waals surface area contributed by atoms with Crippen LogP contribution < -0.4 is 5.32 Å². The number of carboxylic acids is 1. The van der Waals surface area contributed by atoms with Gasteiger partial charge in [0, 0.05) is 26.2 Å². The van der Waals surface area contributed by atoms with Gasteiger partial charge in [-0.3, -0.25) is 4.79 Å². The van der Waals surface area contributed by atoms with E-state index < -0.39 is 11.9 Å². The Morgan fingerprint density at radius 1 is 1.50 bits per heavy atom. The minimum absolute atomic E-state index is 0.148. The van der Waals surface area contributed by atoms with Crippen LogP contribution in [0.15, 0.2) is 0 Å². The van der Waals surface area contributed by atoms with Crippen LogP contribution in [-0.4, -0.2) is 66.7 Å². The van der Waals surface area contributed by atoms with Crippen molar-refractivity contribution in [2.24, 2.45) is 5.92 Å². The summed E-state index contributed by atoms with van der Waals surface area (Å²) in [5, 5.41) is 11.8. The quantitative estimate of drug-likeness (QED) is 0.750. The number of urea groups is 1. The molecule has 1 fully saturated rings. The molecule has 1 unspecified atom stereocenters. The number of carboxylic acid groups (broad SMARTS) is 1. The molecule has 1 atom stereocenters. The lowest BCUT2D eigenvalue weighted by Crippen LogP contribution is -2.48. The van der Waals surface area contributed by atoms with Gasteiger partial charge in [0.05, 0.1) is 5.92 Å². The van der Waals surface area contributed by atoms with Gasteiger partial charge in [-0.15, -0.1) is 0 Å². The fourth-order valence-corrected chi connectivity index (χ4v) is 1.99. The Morgan fingerprint density at radius 3 is 2.83 bits per heavy atom. The molecular formula is C12H23N3O3. The fraction of sp³-hybridized carbons (Fsp3) is 0.833. The Labute approximate surface area is 108 Å². The monoisotopic (exact) mass is 257 g/mol. The van der Waals surface area contributed by atoms with Crippen LogP contribution in [0.1, 0.15) is 19.8 Å². The predicted molar refractivity (Wildman–Crippen MR) is 68.5 cm³/mol. The Bertz CT molecular complexity index is 296. The van der Waals surface area contributed by atoms with Crippen LogP contribution in [-0.2, 0) is 4.79 Å². The van der Waals surface area contributed by atoms with Gasteiger partial charge in [-0.1, -0.05) is 6.92 Å². The summed E-state index contributed by atoms with van der Waals surface area (Å²) >= 11 is 0. The summed E-state index contributed by atoms with van der Waals surface area (Å²) < 4.78 is 0. The van der Waals surface area contributed by atoms with Gasteiger partial charge < -0.3 is 20.2 Å². The van der Waals surface area contributed by atoms with E-state index in [1.54, 1.807) is 4.90 Å². The number of carbonyl (C=O) groups is 2. The highest BCUT2D eigenvalue weighted by atomic mass is 16.4. The molecule has 6 heteroatoms. The topological polar surface area (TPSA) is 72.9 Å². The second kappa shape index (κ2) is 7.20. The summed E-state index contributed by atoms with van der Waals surface area (Å²) in [4.78, 5) is 26.5. The van der Waals surface area contributed by atoms with E-state index in [4.69, 9.17) is 5.11 Å². The molecular weight excluding hydrogens is 234 g/mol. The number of rotatable bonds is 5. The second-order valence-electron chi connectivity index (χ2n) is 4.75. The number of aliphatic carboxylic acids is 1. The second-order valence-corrected chi connectivity index (χ2v) is 4.75. The molecule has 0 aromatic heterocycles. The minimum atomic E-state index is -0.807. The molecule has 1 heterocycles. The van der Waals surface area contributed by atoms with E-state index in [1.807, 2.05) is 7.05 Å². The zero-order valence-corrected chi connectivity index (χ0v) is 11.2. The highest BCUT2D eigenvalue weighted by Crippen LogP contribution is 2.16. The van der Waals surface area contributed by atoms with Crippen LogP contribution >= 0.6 is 0 Å². The van der Waals surface area contributed by atoms with Crippen molar-refractivity contribution in [3.05, 3.63) is 0 Å². The molecule has 0 bridgehead atoms. The Balaban J connectivity index is 2.30. The van der Waals surface area contributed by atoms with E-state index >= 15 is 0 Å².